The summed E-state index contributed by atoms with van der Waals surface area (Å²) < 4.78 is 6.98. The minimum absolute atomic E-state index is 0.0794. The van der Waals surface area contributed by atoms with Crippen molar-refractivity contribution in [3.8, 4) is 5.75 Å². The molecule has 0 unspecified atom stereocenters. The summed E-state index contributed by atoms with van der Waals surface area (Å²) in [5.41, 5.74) is 3.50. The van der Waals surface area contributed by atoms with Gasteiger partial charge < -0.3 is 19.9 Å². The summed E-state index contributed by atoms with van der Waals surface area (Å²) in [7, 11) is 3.43. The SMILES string of the molecule is COc1ccc(C(=O)N[C@H](c2nnc(SCC(=O)Nc3ccc(C)cc3C)n2C)C(C)C)cc1. The zero-order valence-corrected chi connectivity index (χ0v) is 21.2. The van der Waals surface area contributed by atoms with E-state index in [0.717, 1.165) is 16.8 Å². The Morgan fingerprint density at radius 1 is 1.09 bits per heavy atom. The lowest BCUT2D eigenvalue weighted by Crippen LogP contribution is -2.33. The number of aromatic nitrogens is 3. The van der Waals surface area contributed by atoms with Gasteiger partial charge in [0, 0.05) is 18.3 Å². The van der Waals surface area contributed by atoms with Gasteiger partial charge in [-0.25, -0.2) is 0 Å². The number of nitrogens with one attached hydrogen (secondary N) is 2. The number of carbonyl (C=O) groups excluding carboxylic acids is 2. The molecule has 0 saturated carbocycles. The summed E-state index contributed by atoms with van der Waals surface area (Å²) in [4.78, 5) is 25.3. The molecule has 1 aromatic heterocycles. The molecule has 34 heavy (non-hydrogen) atoms. The largest absolute Gasteiger partial charge is 0.497 e. The number of hydrogen-bond acceptors (Lipinski definition) is 6. The highest BCUT2D eigenvalue weighted by Gasteiger charge is 2.25. The molecule has 3 rings (SSSR count). The molecule has 1 atom stereocenters. The highest BCUT2D eigenvalue weighted by molar-refractivity contribution is 7.99. The standard InChI is InChI=1S/C25H31N5O3S/c1-15(2)22(27-24(32)18-8-10-19(33-6)11-9-18)23-28-29-25(30(23)5)34-14-21(31)26-20-12-7-16(3)13-17(20)4/h7-13,15,22H,14H2,1-6H3,(H,26,31)(H,27,32)/t22-/m0/s1. The molecule has 0 fully saturated rings. The lowest BCUT2D eigenvalue weighted by atomic mass is 10.0. The van der Waals surface area contributed by atoms with Gasteiger partial charge in [0.05, 0.1) is 18.9 Å². The molecule has 2 N–H and O–H groups in total. The van der Waals surface area contributed by atoms with Gasteiger partial charge in [-0.15, -0.1) is 10.2 Å². The number of hydrogen-bond donors (Lipinski definition) is 2. The topological polar surface area (TPSA) is 98.1 Å². The first-order chi connectivity index (χ1) is 16.2. The van der Waals surface area contributed by atoms with E-state index in [2.05, 4.69) is 20.8 Å². The monoisotopic (exact) mass is 481 g/mol. The first-order valence-corrected chi connectivity index (χ1v) is 12.0. The van der Waals surface area contributed by atoms with Crippen molar-refractivity contribution in [2.45, 2.75) is 38.9 Å². The number of thioether (sulfide) groups is 1. The third kappa shape index (κ3) is 6.17. The predicted molar refractivity (Wildman–Crippen MR) is 134 cm³/mol. The number of anilines is 1. The van der Waals surface area contributed by atoms with E-state index in [1.807, 2.05) is 57.5 Å². The molecule has 0 aliphatic rings. The van der Waals surface area contributed by atoms with E-state index in [-0.39, 0.29) is 29.5 Å². The van der Waals surface area contributed by atoms with E-state index >= 15 is 0 Å². The third-order valence-electron chi connectivity index (χ3n) is 5.44. The Bertz CT molecular complexity index is 1160. The van der Waals surface area contributed by atoms with Crippen LogP contribution < -0.4 is 15.4 Å². The zero-order valence-electron chi connectivity index (χ0n) is 20.4. The van der Waals surface area contributed by atoms with Crippen molar-refractivity contribution in [1.29, 1.82) is 0 Å². The van der Waals surface area contributed by atoms with Gasteiger partial charge >= 0.3 is 0 Å². The molecule has 180 valence electrons. The summed E-state index contributed by atoms with van der Waals surface area (Å²) in [5, 5.41) is 15.2. The number of aryl methyl sites for hydroxylation is 2. The van der Waals surface area contributed by atoms with Gasteiger partial charge in [0.15, 0.2) is 11.0 Å². The van der Waals surface area contributed by atoms with Crippen molar-refractivity contribution < 1.29 is 14.3 Å². The van der Waals surface area contributed by atoms with Crippen LogP contribution in [0.2, 0.25) is 0 Å². The number of ether oxygens (including phenoxy) is 1. The predicted octanol–water partition coefficient (Wildman–Crippen LogP) is 4.30. The van der Waals surface area contributed by atoms with E-state index < -0.39 is 0 Å². The zero-order chi connectivity index (χ0) is 24.8. The Labute approximate surface area is 204 Å². The Morgan fingerprint density at radius 3 is 2.41 bits per heavy atom. The second-order valence-electron chi connectivity index (χ2n) is 8.48. The van der Waals surface area contributed by atoms with Crippen LogP contribution in [-0.4, -0.2) is 39.4 Å². The van der Waals surface area contributed by atoms with Crippen LogP contribution >= 0.6 is 11.8 Å². The number of amides is 2. The van der Waals surface area contributed by atoms with Crippen molar-refractivity contribution in [2.75, 3.05) is 18.2 Å². The summed E-state index contributed by atoms with van der Waals surface area (Å²) in [5.74, 6) is 1.28. The van der Waals surface area contributed by atoms with Crippen LogP contribution in [-0.2, 0) is 11.8 Å². The maximum absolute atomic E-state index is 12.8. The molecular weight excluding hydrogens is 450 g/mol. The van der Waals surface area contributed by atoms with Crippen molar-refractivity contribution in [1.82, 2.24) is 20.1 Å². The van der Waals surface area contributed by atoms with Crippen LogP contribution in [0.5, 0.6) is 5.75 Å². The molecule has 2 aromatic carbocycles. The lowest BCUT2D eigenvalue weighted by molar-refractivity contribution is -0.113. The highest BCUT2D eigenvalue weighted by Crippen LogP contribution is 2.25. The summed E-state index contributed by atoms with van der Waals surface area (Å²) >= 11 is 1.30. The normalized spacial score (nSPS) is 11.9. The van der Waals surface area contributed by atoms with Gasteiger partial charge in [-0.2, -0.15) is 0 Å². The molecule has 0 spiro atoms. The number of benzene rings is 2. The Hall–Kier alpha value is -3.33. The number of carbonyl (C=O) groups is 2. The minimum Gasteiger partial charge on any atom is -0.497 e. The summed E-state index contributed by atoms with van der Waals surface area (Å²) in [6, 6.07) is 12.5. The Morgan fingerprint density at radius 2 is 1.79 bits per heavy atom. The second-order valence-corrected chi connectivity index (χ2v) is 9.42. The molecule has 8 nitrogen and oxygen atoms in total. The van der Waals surface area contributed by atoms with Crippen LogP contribution in [0.4, 0.5) is 5.69 Å². The molecule has 0 saturated heterocycles. The third-order valence-corrected chi connectivity index (χ3v) is 6.46. The molecule has 0 aliphatic carbocycles. The number of rotatable bonds is 9. The van der Waals surface area contributed by atoms with Crippen LogP contribution in [0.15, 0.2) is 47.6 Å². The average Bonchev–Trinajstić information content (AvgIpc) is 3.17. The molecular formula is C25H31N5O3S. The smallest absolute Gasteiger partial charge is 0.251 e. The molecule has 0 radical (unpaired) electrons. The van der Waals surface area contributed by atoms with Crippen LogP contribution in [0.1, 0.15) is 47.2 Å². The molecule has 0 bridgehead atoms. The van der Waals surface area contributed by atoms with E-state index in [9.17, 15) is 9.59 Å². The molecule has 3 aromatic rings. The summed E-state index contributed by atoms with van der Waals surface area (Å²) in [6.45, 7) is 8.01. The Balaban J connectivity index is 1.66. The van der Waals surface area contributed by atoms with E-state index in [0.29, 0.717) is 22.3 Å². The summed E-state index contributed by atoms with van der Waals surface area (Å²) in [6.07, 6.45) is 0. The van der Waals surface area contributed by atoms with E-state index in [4.69, 9.17) is 4.74 Å². The fourth-order valence-electron chi connectivity index (χ4n) is 3.49. The van der Waals surface area contributed by atoms with Crippen LogP contribution in [0.25, 0.3) is 0 Å². The second kappa shape index (κ2) is 11.2. The fraction of sp³-hybridized carbons (Fsp3) is 0.360. The van der Waals surface area contributed by atoms with Crippen LogP contribution in [0, 0.1) is 19.8 Å². The highest BCUT2D eigenvalue weighted by atomic mass is 32.2. The van der Waals surface area contributed by atoms with Crippen molar-refractivity contribution >= 4 is 29.3 Å². The first kappa shape index (κ1) is 25.3. The van der Waals surface area contributed by atoms with Crippen molar-refractivity contribution in [3.05, 3.63) is 65.0 Å². The van der Waals surface area contributed by atoms with Gasteiger partial charge in [0.25, 0.3) is 5.91 Å². The van der Waals surface area contributed by atoms with Crippen molar-refractivity contribution in [2.24, 2.45) is 13.0 Å². The van der Waals surface area contributed by atoms with Gasteiger partial charge in [0.2, 0.25) is 5.91 Å². The molecule has 1 heterocycles. The van der Waals surface area contributed by atoms with Gasteiger partial charge in [-0.05, 0) is 55.7 Å². The maximum atomic E-state index is 12.8. The molecule has 2 amide bonds. The lowest BCUT2D eigenvalue weighted by Gasteiger charge is -2.21. The van der Waals surface area contributed by atoms with E-state index in [1.54, 1.807) is 31.4 Å². The van der Waals surface area contributed by atoms with Gasteiger partial charge in [0.1, 0.15) is 5.75 Å². The van der Waals surface area contributed by atoms with Gasteiger partial charge in [-0.3, -0.25) is 9.59 Å². The van der Waals surface area contributed by atoms with Crippen molar-refractivity contribution in [3.63, 3.8) is 0 Å². The fourth-order valence-corrected chi connectivity index (χ4v) is 4.21. The first-order valence-electron chi connectivity index (χ1n) is 11.0. The van der Waals surface area contributed by atoms with Crippen LogP contribution in [0.3, 0.4) is 0 Å². The maximum Gasteiger partial charge on any atom is 0.251 e. The Kier molecular flexibility index (Phi) is 8.33. The average molecular weight is 482 g/mol. The van der Waals surface area contributed by atoms with E-state index in [1.165, 1.54) is 11.8 Å². The number of nitrogens with zero attached hydrogens (tertiary/aromatic N) is 3. The quantitative estimate of drug-likeness (QED) is 0.442. The molecule has 9 heteroatoms. The minimum atomic E-state index is -0.342. The molecule has 0 aliphatic heterocycles. The number of methoxy groups -OCH3 is 1. The van der Waals surface area contributed by atoms with Gasteiger partial charge in [-0.1, -0.05) is 43.3 Å².